The first kappa shape index (κ1) is 28.8. The number of carbonyl (C=O) groups excluding carboxylic acids is 1. The van der Waals surface area contributed by atoms with E-state index in [2.05, 4.69) is 22.5 Å². The molecule has 2 aromatic heterocycles. The predicted molar refractivity (Wildman–Crippen MR) is 150 cm³/mol. The smallest absolute Gasteiger partial charge is 0.309 e. The summed E-state index contributed by atoms with van der Waals surface area (Å²) in [4.78, 5) is 29.1. The van der Waals surface area contributed by atoms with Gasteiger partial charge in [0.1, 0.15) is 0 Å². The molecule has 11 heteroatoms. The van der Waals surface area contributed by atoms with Crippen LogP contribution in [0, 0.1) is 0 Å². The van der Waals surface area contributed by atoms with Crippen molar-refractivity contribution in [3.8, 4) is 0 Å². The number of nitrogens with zero attached hydrogens (tertiary/aromatic N) is 1. The second kappa shape index (κ2) is 14.3. The first-order chi connectivity index (χ1) is 17.8. The molecule has 2 heterocycles. The molecule has 0 saturated heterocycles. The first-order valence-corrected chi connectivity index (χ1v) is 15.7. The second-order valence-electron chi connectivity index (χ2n) is 8.72. The van der Waals surface area contributed by atoms with Crippen LogP contribution in [-0.2, 0) is 27.6 Å². The topological polar surface area (TPSA) is 125 Å². The highest BCUT2D eigenvalue weighted by Crippen LogP contribution is 2.26. The number of carbonyl (C=O) groups is 2. The van der Waals surface area contributed by atoms with Crippen molar-refractivity contribution in [1.29, 1.82) is 0 Å². The molecule has 0 spiro atoms. The minimum Gasteiger partial charge on any atom is -0.481 e. The molecule has 0 aliphatic carbocycles. The van der Waals surface area contributed by atoms with E-state index in [9.17, 15) is 18.0 Å². The average Bonchev–Trinajstić information content (AvgIpc) is 3.51. The van der Waals surface area contributed by atoms with Crippen molar-refractivity contribution in [2.45, 2.75) is 69.7 Å². The first-order valence-electron chi connectivity index (χ1n) is 12.4. The number of rotatable bonds is 16. The van der Waals surface area contributed by atoms with Crippen molar-refractivity contribution >= 4 is 55.2 Å². The Balaban J connectivity index is 1.54. The van der Waals surface area contributed by atoms with Crippen LogP contribution in [0.3, 0.4) is 0 Å². The lowest BCUT2D eigenvalue weighted by Crippen LogP contribution is -2.11. The van der Waals surface area contributed by atoms with Crippen molar-refractivity contribution in [2.24, 2.45) is 0 Å². The number of sulfone groups is 1. The van der Waals surface area contributed by atoms with Gasteiger partial charge in [0.25, 0.3) is 5.91 Å². The van der Waals surface area contributed by atoms with Crippen LogP contribution < -0.4 is 10.6 Å². The zero-order valence-electron chi connectivity index (χ0n) is 20.9. The highest BCUT2D eigenvalue weighted by Gasteiger charge is 2.18. The van der Waals surface area contributed by atoms with E-state index in [4.69, 9.17) is 5.11 Å². The summed E-state index contributed by atoms with van der Waals surface area (Å²) in [5.74, 6) is -1.18. The molecule has 3 rings (SSSR count). The second-order valence-corrected chi connectivity index (χ2v) is 12.8. The van der Waals surface area contributed by atoms with Crippen LogP contribution in [0.2, 0.25) is 0 Å². The molecule has 1 amide bonds. The number of benzene rings is 1. The van der Waals surface area contributed by atoms with Crippen LogP contribution in [0.15, 0.2) is 46.7 Å². The van der Waals surface area contributed by atoms with Crippen molar-refractivity contribution in [1.82, 2.24) is 4.98 Å². The molecule has 3 N–H and O–H groups in total. The van der Waals surface area contributed by atoms with Gasteiger partial charge in [-0.05, 0) is 30.7 Å². The number of aliphatic carboxylic acids is 1. The predicted octanol–water partition coefficient (Wildman–Crippen LogP) is 6.22. The molecule has 8 nitrogen and oxygen atoms in total. The summed E-state index contributed by atoms with van der Waals surface area (Å²) in [5, 5.41) is 16.7. The Morgan fingerprint density at radius 2 is 1.73 bits per heavy atom. The fourth-order valence-corrected chi connectivity index (χ4v) is 6.89. The zero-order valence-corrected chi connectivity index (χ0v) is 23.3. The largest absolute Gasteiger partial charge is 0.481 e. The van der Waals surface area contributed by atoms with E-state index in [0.29, 0.717) is 39.3 Å². The number of carboxylic acids is 1. The Bertz CT molecular complexity index is 1280. The Morgan fingerprint density at radius 3 is 2.49 bits per heavy atom. The number of hydrogen-bond donors (Lipinski definition) is 3. The van der Waals surface area contributed by atoms with E-state index in [1.807, 2.05) is 6.07 Å². The monoisotopic (exact) mass is 563 g/mol. The molecule has 1 aromatic carbocycles. The van der Waals surface area contributed by atoms with Crippen molar-refractivity contribution in [3.05, 3.63) is 57.2 Å². The summed E-state index contributed by atoms with van der Waals surface area (Å²) in [7, 11) is -3.41. The maximum absolute atomic E-state index is 13.0. The summed E-state index contributed by atoms with van der Waals surface area (Å²) in [6.07, 6.45) is 7.23. The van der Waals surface area contributed by atoms with Gasteiger partial charge < -0.3 is 10.4 Å². The van der Waals surface area contributed by atoms with Gasteiger partial charge >= 0.3 is 5.97 Å². The van der Waals surface area contributed by atoms with E-state index in [-0.39, 0.29) is 18.1 Å². The Hall–Kier alpha value is -2.76. The van der Waals surface area contributed by atoms with Gasteiger partial charge in [-0.1, -0.05) is 57.6 Å². The van der Waals surface area contributed by atoms with Crippen LogP contribution >= 0.6 is 22.7 Å². The molecule has 0 radical (unpaired) electrons. The van der Waals surface area contributed by atoms with Gasteiger partial charge in [-0.15, -0.1) is 22.7 Å². The van der Waals surface area contributed by atoms with E-state index < -0.39 is 15.8 Å². The molecule has 0 aliphatic rings. The van der Waals surface area contributed by atoms with Crippen molar-refractivity contribution < 1.29 is 23.1 Å². The van der Waals surface area contributed by atoms with Gasteiger partial charge in [0.05, 0.1) is 33.3 Å². The van der Waals surface area contributed by atoms with Crippen LogP contribution in [-0.4, -0.2) is 36.1 Å². The number of hydrogen-bond acceptors (Lipinski definition) is 8. The zero-order chi connectivity index (χ0) is 26.7. The Labute approximate surface area is 226 Å². The van der Waals surface area contributed by atoms with E-state index in [1.54, 1.807) is 35.7 Å². The van der Waals surface area contributed by atoms with Crippen molar-refractivity contribution in [2.75, 3.05) is 16.4 Å². The fraction of sp³-hybridized carbons (Fsp3) is 0.423. The molecule has 0 atom stereocenters. The molecular formula is C26H33N3O5S3. The molecule has 3 aromatic rings. The van der Waals surface area contributed by atoms with Gasteiger partial charge in [0.2, 0.25) is 0 Å². The number of amides is 1. The molecule has 200 valence electrons. The number of anilines is 2. The maximum Gasteiger partial charge on any atom is 0.309 e. The summed E-state index contributed by atoms with van der Waals surface area (Å²) in [5.41, 5.74) is 0.947. The number of thiazole rings is 1. The molecule has 0 fully saturated rings. The standard InChI is InChI=1S/C26H33N3O5S3/c1-2-3-4-5-6-7-10-15-37(33,34)23-12-9-8-11-21(23)27-17-20-13-14-22(36-20)25(32)29-26-28-19(18-35-26)16-24(30)31/h8-9,11-14,18,27H,2-7,10,15-17H2,1H3,(H,30,31)(H,28,29,32). The van der Waals surface area contributed by atoms with Crippen LogP contribution in [0.25, 0.3) is 0 Å². The third-order valence-corrected chi connectivity index (χ3v) is 9.42. The minimum absolute atomic E-state index is 0.133. The fourth-order valence-electron chi connectivity index (χ4n) is 3.78. The lowest BCUT2D eigenvalue weighted by Gasteiger charge is -2.12. The summed E-state index contributed by atoms with van der Waals surface area (Å²) in [6, 6.07) is 10.5. The molecule has 0 bridgehead atoms. The number of thiophene rings is 1. The van der Waals surface area contributed by atoms with Crippen molar-refractivity contribution in [3.63, 3.8) is 0 Å². The Kier molecular flexibility index (Phi) is 11.1. The lowest BCUT2D eigenvalue weighted by molar-refractivity contribution is -0.136. The van der Waals surface area contributed by atoms with Crippen LogP contribution in [0.4, 0.5) is 10.8 Å². The van der Waals surface area contributed by atoms with Gasteiger partial charge in [0.15, 0.2) is 15.0 Å². The van der Waals surface area contributed by atoms with E-state index in [0.717, 1.165) is 24.1 Å². The third-order valence-electron chi connectivity index (χ3n) is 5.68. The van der Waals surface area contributed by atoms with Crippen LogP contribution in [0.1, 0.15) is 72.1 Å². The molecule has 0 unspecified atom stereocenters. The average molecular weight is 564 g/mol. The lowest BCUT2D eigenvalue weighted by atomic mass is 10.1. The van der Waals surface area contributed by atoms with Gasteiger partial charge in [-0.2, -0.15) is 0 Å². The number of nitrogens with one attached hydrogen (secondary N) is 2. The highest BCUT2D eigenvalue weighted by molar-refractivity contribution is 7.91. The van der Waals surface area contributed by atoms with E-state index in [1.165, 1.54) is 41.9 Å². The number of para-hydroxylation sites is 1. The molecule has 37 heavy (non-hydrogen) atoms. The van der Waals surface area contributed by atoms with E-state index >= 15 is 0 Å². The normalized spacial score (nSPS) is 11.4. The third kappa shape index (κ3) is 9.24. The van der Waals surface area contributed by atoms with Gasteiger partial charge in [-0.25, -0.2) is 13.4 Å². The minimum atomic E-state index is -3.41. The summed E-state index contributed by atoms with van der Waals surface area (Å²) >= 11 is 2.47. The highest BCUT2D eigenvalue weighted by atomic mass is 32.2. The maximum atomic E-state index is 13.0. The molecule has 0 saturated carbocycles. The Morgan fingerprint density at radius 1 is 1.00 bits per heavy atom. The summed E-state index contributed by atoms with van der Waals surface area (Å²) < 4.78 is 26.0. The number of unbranched alkanes of at least 4 members (excludes halogenated alkanes) is 6. The molecule has 0 aliphatic heterocycles. The number of aromatic nitrogens is 1. The number of carboxylic acid groups (broad SMARTS) is 1. The van der Waals surface area contributed by atoms with Gasteiger partial charge in [0, 0.05) is 16.8 Å². The molecular weight excluding hydrogens is 531 g/mol. The SMILES string of the molecule is CCCCCCCCCS(=O)(=O)c1ccccc1NCc1ccc(C(=O)Nc2nc(CC(=O)O)cs2)s1. The van der Waals surface area contributed by atoms with Gasteiger partial charge in [-0.3, -0.25) is 14.9 Å². The quantitative estimate of drug-likeness (QED) is 0.177. The summed E-state index contributed by atoms with van der Waals surface area (Å²) in [6.45, 7) is 2.56. The van der Waals surface area contributed by atoms with Crippen LogP contribution in [0.5, 0.6) is 0 Å².